The molecule has 7 heteroatoms. The smallest absolute Gasteiger partial charge is 0.331 e. The van der Waals surface area contributed by atoms with Crippen molar-refractivity contribution in [3.05, 3.63) is 46.8 Å². The van der Waals surface area contributed by atoms with E-state index in [1.807, 2.05) is 0 Å². The van der Waals surface area contributed by atoms with Crippen LogP contribution in [0.25, 0.3) is 11.1 Å². The first-order chi connectivity index (χ1) is 9.32. The summed E-state index contributed by atoms with van der Waals surface area (Å²) in [5, 5.41) is 23.9. The molecule has 0 aliphatic rings. The van der Waals surface area contributed by atoms with Gasteiger partial charge in [-0.25, -0.2) is 4.79 Å². The molecule has 0 saturated heterocycles. The third-order valence-corrected chi connectivity index (χ3v) is 3.07. The Morgan fingerprint density at radius 2 is 2.10 bits per heavy atom. The Labute approximate surface area is 114 Å². The van der Waals surface area contributed by atoms with E-state index in [9.17, 15) is 14.9 Å². The van der Waals surface area contributed by atoms with E-state index in [1.54, 1.807) is 18.3 Å². The molecule has 0 unspecified atom stereocenters. The average molecular weight is 275 g/mol. The number of non-ortho nitro benzene ring substituents is 1. The molecule has 1 aromatic carbocycles. The molecule has 20 heavy (non-hydrogen) atoms. The van der Waals surface area contributed by atoms with Gasteiger partial charge in [-0.05, 0) is 19.4 Å². The minimum atomic E-state index is -1.18. The zero-order chi connectivity index (χ0) is 14.9. The van der Waals surface area contributed by atoms with E-state index < -0.39 is 16.4 Å². The Morgan fingerprint density at radius 1 is 1.40 bits per heavy atom. The Kier molecular flexibility index (Phi) is 3.27. The van der Waals surface area contributed by atoms with E-state index in [2.05, 4.69) is 5.10 Å². The molecular formula is C13H13N3O4. The summed E-state index contributed by atoms with van der Waals surface area (Å²) in [4.78, 5) is 21.4. The molecule has 0 radical (unpaired) electrons. The Hall–Kier alpha value is -2.70. The van der Waals surface area contributed by atoms with Gasteiger partial charge in [-0.3, -0.25) is 14.8 Å². The van der Waals surface area contributed by atoms with Gasteiger partial charge in [0.05, 0.1) is 11.1 Å². The van der Waals surface area contributed by atoms with Gasteiger partial charge in [0.2, 0.25) is 0 Å². The van der Waals surface area contributed by atoms with E-state index in [0.29, 0.717) is 11.1 Å². The van der Waals surface area contributed by atoms with Crippen molar-refractivity contribution in [1.82, 2.24) is 9.78 Å². The molecular weight excluding hydrogens is 262 g/mol. The van der Waals surface area contributed by atoms with Gasteiger partial charge in [-0.15, -0.1) is 0 Å². The van der Waals surface area contributed by atoms with Crippen LogP contribution in [-0.2, 0) is 10.3 Å². The number of carboxylic acid groups (broad SMARTS) is 1. The summed E-state index contributed by atoms with van der Waals surface area (Å²) in [5.41, 5.74) is 0.0429. The maximum absolute atomic E-state index is 11.2. The SMILES string of the molecule is CC(C)(C(=O)O)n1cc(-c2cccc([N+](=O)[O-])c2)cn1. The quantitative estimate of drug-likeness (QED) is 0.681. The number of benzene rings is 1. The second kappa shape index (κ2) is 4.76. The van der Waals surface area contributed by atoms with Crippen molar-refractivity contribution in [2.75, 3.05) is 0 Å². The van der Waals surface area contributed by atoms with Crippen LogP contribution < -0.4 is 0 Å². The second-order valence-corrected chi connectivity index (χ2v) is 4.85. The molecule has 1 aromatic heterocycles. The predicted octanol–water partition coefficient (Wildman–Crippen LogP) is 2.28. The number of hydrogen-bond donors (Lipinski definition) is 1. The van der Waals surface area contributed by atoms with Gasteiger partial charge in [-0.1, -0.05) is 12.1 Å². The van der Waals surface area contributed by atoms with Crippen LogP contribution in [0.2, 0.25) is 0 Å². The number of nitro benzene ring substituents is 1. The second-order valence-electron chi connectivity index (χ2n) is 4.85. The Balaban J connectivity index is 2.41. The van der Waals surface area contributed by atoms with Crippen LogP contribution in [0.1, 0.15) is 13.8 Å². The largest absolute Gasteiger partial charge is 0.479 e. The van der Waals surface area contributed by atoms with Crippen molar-refractivity contribution in [3.63, 3.8) is 0 Å². The number of carbonyl (C=O) groups is 1. The number of aromatic nitrogens is 2. The number of aliphatic carboxylic acids is 1. The summed E-state index contributed by atoms with van der Waals surface area (Å²) >= 11 is 0. The summed E-state index contributed by atoms with van der Waals surface area (Å²) in [5.74, 6) is -1.01. The number of hydrogen-bond acceptors (Lipinski definition) is 4. The fourth-order valence-corrected chi connectivity index (χ4v) is 1.67. The van der Waals surface area contributed by atoms with Crippen molar-refractivity contribution in [2.24, 2.45) is 0 Å². The number of carboxylic acids is 1. The molecule has 0 amide bonds. The first-order valence-electron chi connectivity index (χ1n) is 5.86. The van der Waals surface area contributed by atoms with E-state index in [4.69, 9.17) is 5.11 Å². The number of nitrogens with zero attached hydrogens (tertiary/aromatic N) is 3. The van der Waals surface area contributed by atoms with Gasteiger partial charge in [-0.2, -0.15) is 5.10 Å². The maximum Gasteiger partial charge on any atom is 0.331 e. The molecule has 1 heterocycles. The highest BCUT2D eigenvalue weighted by Gasteiger charge is 2.30. The first kappa shape index (κ1) is 13.7. The van der Waals surface area contributed by atoms with Crippen molar-refractivity contribution in [1.29, 1.82) is 0 Å². The Morgan fingerprint density at radius 3 is 2.70 bits per heavy atom. The summed E-state index contributed by atoms with van der Waals surface area (Å²) in [6.07, 6.45) is 3.05. The van der Waals surface area contributed by atoms with E-state index in [1.165, 1.54) is 36.9 Å². The monoisotopic (exact) mass is 275 g/mol. The summed E-state index contributed by atoms with van der Waals surface area (Å²) < 4.78 is 1.32. The zero-order valence-electron chi connectivity index (χ0n) is 11.0. The third-order valence-electron chi connectivity index (χ3n) is 3.07. The lowest BCUT2D eigenvalue weighted by molar-refractivity contribution is -0.384. The minimum Gasteiger partial charge on any atom is -0.479 e. The molecule has 7 nitrogen and oxygen atoms in total. The van der Waals surface area contributed by atoms with Gasteiger partial charge in [0.25, 0.3) is 5.69 Å². The fraction of sp³-hybridized carbons (Fsp3) is 0.231. The maximum atomic E-state index is 11.2. The van der Waals surface area contributed by atoms with Gasteiger partial charge < -0.3 is 5.11 Å². The first-order valence-corrected chi connectivity index (χ1v) is 5.86. The lowest BCUT2D eigenvalue weighted by Gasteiger charge is -2.19. The highest BCUT2D eigenvalue weighted by Crippen LogP contribution is 2.25. The van der Waals surface area contributed by atoms with Crippen LogP contribution in [0.3, 0.4) is 0 Å². The van der Waals surface area contributed by atoms with E-state index in [0.717, 1.165) is 0 Å². The summed E-state index contributed by atoms with van der Waals surface area (Å²) in [6, 6.07) is 6.11. The standard InChI is InChI=1S/C13H13N3O4/c1-13(2,12(17)18)15-8-10(7-14-15)9-4-3-5-11(6-9)16(19)20/h3-8H,1-2H3,(H,17,18). The molecule has 0 atom stereocenters. The van der Waals surface area contributed by atoms with E-state index >= 15 is 0 Å². The van der Waals surface area contributed by atoms with Crippen LogP contribution in [0.4, 0.5) is 5.69 Å². The topological polar surface area (TPSA) is 98.3 Å². The molecule has 0 fully saturated rings. The Bertz CT molecular complexity index is 676. The minimum absolute atomic E-state index is 0.0206. The van der Waals surface area contributed by atoms with Crippen molar-refractivity contribution >= 4 is 11.7 Å². The lowest BCUT2D eigenvalue weighted by atomic mass is 10.1. The summed E-state index contributed by atoms with van der Waals surface area (Å²) in [7, 11) is 0. The van der Waals surface area contributed by atoms with Gasteiger partial charge >= 0.3 is 5.97 Å². The van der Waals surface area contributed by atoms with Crippen molar-refractivity contribution in [2.45, 2.75) is 19.4 Å². The zero-order valence-corrected chi connectivity index (χ0v) is 11.0. The highest BCUT2D eigenvalue weighted by molar-refractivity contribution is 5.76. The van der Waals surface area contributed by atoms with E-state index in [-0.39, 0.29) is 5.69 Å². The van der Waals surface area contributed by atoms with Crippen molar-refractivity contribution < 1.29 is 14.8 Å². The van der Waals surface area contributed by atoms with Gasteiger partial charge in [0.15, 0.2) is 5.54 Å². The van der Waals surface area contributed by atoms with Crippen LogP contribution in [-0.4, -0.2) is 25.8 Å². The molecule has 0 aliphatic heterocycles. The molecule has 0 aliphatic carbocycles. The van der Waals surface area contributed by atoms with Crippen molar-refractivity contribution in [3.8, 4) is 11.1 Å². The van der Waals surface area contributed by atoms with Crippen LogP contribution in [0.15, 0.2) is 36.7 Å². The van der Waals surface area contributed by atoms with Gasteiger partial charge in [0.1, 0.15) is 0 Å². The fourth-order valence-electron chi connectivity index (χ4n) is 1.67. The molecule has 2 rings (SSSR count). The third kappa shape index (κ3) is 2.37. The molecule has 2 aromatic rings. The molecule has 0 bridgehead atoms. The summed E-state index contributed by atoms with van der Waals surface area (Å²) in [6.45, 7) is 3.05. The predicted molar refractivity (Wildman–Crippen MR) is 71.3 cm³/mol. The molecule has 0 spiro atoms. The molecule has 104 valence electrons. The highest BCUT2D eigenvalue weighted by atomic mass is 16.6. The molecule has 0 saturated carbocycles. The number of nitro groups is 1. The number of rotatable bonds is 4. The van der Waals surface area contributed by atoms with Gasteiger partial charge in [0, 0.05) is 23.9 Å². The normalized spacial score (nSPS) is 11.3. The van der Waals surface area contributed by atoms with Crippen LogP contribution in [0.5, 0.6) is 0 Å². The van der Waals surface area contributed by atoms with Crippen LogP contribution in [0, 0.1) is 10.1 Å². The molecule has 1 N–H and O–H groups in total. The average Bonchev–Trinajstić information content (AvgIpc) is 2.88. The van der Waals surface area contributed by atoms with Crippen LogP contribution >= 0.6 is 0 Å². The lowest BCUT2D eigenvalue weighted by Crippen LogP contribution is -2.35.